The molecule has 5 nitrogen and oxygen atoms in total. The smallest absolute Gasteiger partial charge is 0.230 e. The van der Waals surface area contributed by atoms with Crippen LogP contribution in [0.1, 0.15) is 22.4 Å². The number of hydrogen-bond donors (Lipinski definition) is 1. The van der Waals surface area contributed by atoms with Crippen LogP contribution < -0.4 is 4.74 Å². The van der Waals surface area contributed by atoms with Crippen molar-refractivity contribution in [2.75, 3.05) is 6.26 Å². The normalized spacial score (nSPS) is 13.5. The molecule has 4 rings (SSSR count). The summed E-state index contributed by atoms with van der Waals surface area (Å²) in [4.78, 5) is 7.75. The lowest BCUT2D eigenvalue weighted by Crippen LogP contribution is -2.27. The Balaban J connectivity index is 1.65. The lowest BCUT2D eigenvalue weighted by molar-refractivity contribution is 0.301. The second-order valence-corrected chi connectivity index (χ2v) is 7.51. The molecule has 0 atom stereocenters. The lowest BCUT2D eigenvalue weighted by Gasteiger charge is -2.20. The average Bonchev–Trinajstić information content (AvgIpc) is 3.14. The molecule has 0 aliphatic carbocycles. The number of rotatable bonds is 4. The second kappa shape index (κ2) is 7.94. The van der Waals surface area contributed by atoms with Gasteiger partial charge in [0.1, 0.15) is 5.75 Å². The van der Waals surface area contributed by atoms with Crippen molar-refractivity contribution in [2.24, 2.45) is 5.16 Å². The summed E-state index contributed by atoms with van der Waals surface area (Å²) >= 11 is 1.68. The third-order valence-corrected chi connectivity index (χ3v) is 5.49. The van der Waals surface area contributed by atoms with Crippen molar-refractivity contribution in [1.82, 2.24) is 9.88 Å². The number of aromatic nitrogens is 1. The van der Waals surface area contributed by atoms with Crippen molar-refractivity contribution < 1.29 is 9.94 Å². The standard InChI is InChI=1S/C22H21N3O2S/c1-15-7-12-20(22(23-15)27-18-8-10-19(28-2)11-9-18)21(24-26)25-13-16-5-3-4-6-17(16)14-25/h3-12,26H,13-14H2,1-2H3/b24-21-. The highest BCUT2D eigenvalue weighted by Gasteiger charge is 2.26. The molecule has 0 saturated carbocycles. The highest BCUT2D eigenvalue weighted by Crippen LogP contribution is 2.30. The number of fused-ring (bicyclic) bond motifs is 1. The maximum atomic E-state index is 9.81. The summed E-state index contributed by atoms with van der Waals surface area (Å²) in [5.41, 5.74) is 3.97. The van der Waals surface area contributed by atoms with Crippen LogP contribution in [-0.2, 0) is 13.1 Å². The van der Waals surface area contributed by atoms with Gasteiger partial charge in [-0.2, -0.15) is 0 Å². The molecule has 2 aromatic carbocycles. The van der Waals surface area contributed by atoms with Crippen molar-refractivity contribution >= 4 is 17.6 Å². The Labute approximate surface area is 168 Å². The summed E-state index contributed by atoms with van der Waals surface area (Å²) in [6.45, 7) is 3.28. The number of aryl methyl sites for hydroxylation is 1. The minimum Gasteiger partial charge on any atom is -0.438 e. The van der Waals surface area contributed by atoms with Crippen LogP contribution in [0.5, 0.6) is 11.6 Å². The van der Waals surface area contributed by atoms with E-state index in [1.54, 1.807) is 11.8 Å². The minimum absolute atomic E-state index is 0.431. The van der Waals surface area contributed by atoms with Crippen molar-refractivity contribution in [3.05, 3.63) is 83.0 Å². The first-order chi connectivity index (χ1) is 13.7. The van der Waals surface area contributed by atoms with E-state index in [0.717, 1.165) is 10.6 Å². The van der Waals surface area contributed by atoms with Gasteiger partial charge in [0, 0.05) is 23.7 Å². The van der Waals surface area contributed by atoms with Crippen molar-refractivity contribution in [2.45, 2.75) is 24.9 Å². The number of ether oxygens (including phenoxy) is 1. The van der Waals surface area contributed by atoms with E-state index in [0.29, 0.717) is 36.1 Å². The predicted octanol–water partition coefficient (Wildman–Crippen LogP) is 5.06. The molecule has 1 aliphatic heterocycles. The van der Waals surface area contributed by atoms with Gasteiger partial charge in [-0.25, -0.2) is 4.98 Å². The molecule has 6 heteroatoms. The zero-order chi connectivity index (χ0) is 19.5. The van der Waals surface area contributed by atoms with Gasteiger partial charge in [0.2, 0.25) is 5.88 Å². The van der Waals surface area contributed by atoms with Gasteiger partial charge in [-0.3, -0.25) is 0 Å². The summed E-state index contributed by atoms with van der Waals surface area (Å²) in [6.07, 6.45) is 2.04. The number of oxime groups is 1. The topological polar surface area (TPSA) is 58.0 Å². The molecule has 3 aromatic rings. The molecule has 0 amide bonds. The SMILES string of the molecule is CSc1ccc(Oc2nc(C)ccc2/C(=N/O)N2Cc3ccccc3C2)cc1. The van der Waals surface area contributed by atoms with E-state index in [1.807, 2.05) is 66.6 Å². The first-order valence-electron chi connectivity index (χ1n) is 9.01. The minimum atomic E-state index is 0.431. The fourth-order valence-corrected chi connectivity index (χ4v) is 3.71. The first-order valence-corrected chi connectivity index (χ1v) is 10.2. The van der Waals surface area contributed by atoms with Crippen LogP contribution >= 0.6 is 11.8 Å². The van der Waals surface area contributed by atoms with Crippen molar-refractivity contribution in [1.29, 1.82) is 0 Å². The van der Waals surface area contributed by atoms with Crippen molar-refractivity contribution in [3.63, 3.8) is 0 Å². The molecule has 0 spiro atoms. The summed E-state index contributed by atoms with van der Waals surface area (Å²) in [7, 11) is 0. The van der Waals surface area contributed by atoms with Gasteiger partial charge in [-0.05, 0) is 60.7 Å². The predicted molar refractivity (Wildman–Crippen MR) is 111 cm³/mol. The van der Waals surface area contributed by atoms with Gasteiger partial charge in [-0.1, -0.05) is 29.4 Å². The summed E-state index contributed by atoms with van der Waals surface area (Å²) in [6, 6.07) is 19.9. The Morgan fingerprint density at radius 1 is 1.04 bits per heavy atom. The van der Waals surface area contributed by atoms with Gasteiger partial charge in [0.05, 0.1) is 5.56 Å². The summed E-state index contributed by atoms with van der Waals surface area (Å²) in [5, 5.41) is 13.4. The number of benzene rings is 2. The molecular formula is C22H21N3O2S. The van der Waals surface area contributed by atoms with E-state index in [1.165, 1.54) is 11.1 Å². The van der Waals surface area contributed by atoms with Gasteiger partial charge >= 0.3 is 0 Å². The van der Waals surface area contributed by atoms with E-state index < -0.39 is 0 Å². The Morgan fingerprint density at radius 2 is 1.71 bits per heavy atom. The van der Waals surface area contributed by atoms with Crippen LogP contribution in [0.3, 0.4) is 0 Å². The summed E-state index contributed by atoms with van der Waals surface area (Å²) in [5.74, 6) is 1.58. The van der Waals surface area contributed by atoms with Gasteiger partial charge in [-0.15, -0.1) is 11.8 Å². The quantitative estimate of drug-likeness (QED) is 0.222. The maximum Gasteiger partial charge on any atom is 0.230 e. The fourth-order valence-electron chi connectivity index (χ4n) is 3.31. The Bertz CT molecular complexity index is 994. The zero-order valence-corrected chi connectivity index (χ0v) is 16.6. The van der Waals surface area contributed by atoms with Crippen LogP contribution in [0, 0.1) is 6.92 Å². The monoisotopic (exact) mass is 391 g/mol. The van der Waals surface area contributed by atoms with Crippen molar-refractivity contribution in [3.8, 4) is 11.6 Å². The molecule has 0 saturated heterocycles. The zero-order valence-electron chi connectivity index (χ0n) is 15.8. The molecular weight excluding hydrogens is 370 g/mol. The summed E-state index contributed by atoms with van der Waals surface area (Å²) < 4.78 is 6.07. The van der Waals surface area contributed by atoms with Crippen LogP contribution in [0.2, 0.25) is 0 Å². The van der Waals surface area contributed by atoms with E-state index in [9.17, 15) is 5.21 Å². The molecule has 1 N–H and O–H groups in total. The number of pyridine rings is 1. The molecule has 1 aromatic heterocycles. The Hall–Kier alpha value is -2.99. The van der Waals surface area contributed by atoms with E-state index in [-0.39, 0.29) is 0 Å². The highest BCUT2D eigenvalue weighted by molar-refractivity contribution is 7.98. The second-order valence-electron chi connectivity index (χ2n) is 6.63. The van der Waals surface area contributed by atoms with E-state index in [2.05, 4.69) is 22.3 Å². The van der Waals surface area contributed by atoms with Gasteiger partial charge < -0.3 is 14.8 Å². The maximum absolute atomic E-state index is 9.81. The van der Waals surface area contributed by atoms with Gasteiger partial charge in [0.15, 0.2) is 5.84 Å². The number of amidine groups is 1. The molecule has 1 aliphatic rings. The van der Waals surface area contributed by atoms with Crippen LogP contribution in [0.25, 0.3) is 0 Å². The first kappa shape index (κ1) is 18.4. The fraction of sp³-hybridized carbons (Fsp3) is 0.182. The van der Waals surface area contributed by atoms with E-state index >= 15 is 0 Å². The molecule has 0 fully saturated rings. The van der Waals surface area contributed by atoms with Gasteiger partial charge in [0.25, 0.3) is 0 Å². The number of hydrogen-bond acceptors (Lipinski definition) is 5. The largest absolute Gasteiger partial charge is 0.438 e. The molecule has 142 valence electrons. The Morgan fingerprint density at radius 3 is 2.32 bits per heavy atom. The van der Waals surface area contributed by atoms with Crippen LogP contribution in [0.4, 0.5) is 0 Å². The third-order valence-electron chi connectivity index (χ3n) is 4.75. The highest BCUT2D eigenvalue weighted by atomic mass is 32.2. The van der Waals surface area contributed by atoms with E-state index in [4.69, 9.17) is 4.74 Å². The molecule has 2 heterocycles. The number of thioether (sulfide) groups is 1. The molecule has 0 unspecified atom stereocenters. The average molecular weight is 391 g/mol. The Kier molecular flexibility index (Phi) is 5.21. The molecule has 0 radical (unpaired) electrons. The molecule has 28 heavy (non-hydrogen) atoms. The third kappa shape index (κ3) is 3.68. The number of nitrogens with zero attached hydrogens (tertiary/aromatic N) is 3. The lowest BCUT2D eigenvalue weighted by atomic mass is 10.1. The van der Waals surface area contributed by atoms with Crippen LogP contribution in [-0.4, -0.2) is 27.2 Å². The van der Waals surface area contributed by atoms with Crippen LogP contribution in [0.15, 0.2) is 70.7 Å². The molecule has 0 bridgehead atoms.